The summed E-state index contributed by atoms with van der Waals surface area (Å²) in [5, 5.41) is 0.612. The Hall–Kier alpha value is -2.66. The summed E-state index contributed by atoms with van der Waals surface area (Å²) in [5.41, 5.74) is 4.77. The number of nitrogens with one attached hydrogen (secondary N) is 1. The Bertz CT molecular complexity index is 955. The third-order valence-electron chi connectivity index (χ3n) is 3.74. The normalized spacial score (nSPS) is 11.2. The number of pyridine rings is 2. The van der Waals surface area contributed by atoms with Crippen LogP contribution in [0.5, 0.6) is 0 Å². The van der Waals surface area contributed by atoms with Gasteiger partial charge in [-0.15, -0.1) is 0 Å². The molecule has 1 N–H and O–H groups in total. The van der Waals surface area contributed by atoms with Crippen molar-refractivity contribution in [3.8, 4) is 11.4 Å². The Labute approximate surface area is 138 Å². The lowest BCUT2D eigenvalue weighted by molar-refractivity contribution is 0.953. The first-order valence-electron chi connectivity index (χ1n) is 7.28. The van der Waals surface area contributed by atoms with Crippen LogP contribution in [0.2, 0.25) is 5.02 Å². The van der Waals surface area contributed by atoms with Gasteiger partial charge in [-0.1, -0.05) is 11.6 Å². The second-order valence-corrected chi connectivity index (χ2v) is 5.85. The highest BCUT2D eigenvalue weighted by Gasteiger charge is 2.16. The molecular weight excluding hydrogens is 310 g/mol. The summed E-state index contributed by atoms with van der Waals surface area (Å²) in [6.07, 6.45) is 7.90. The first kappa shape index (κ1) is 14.0. The van der Waals surface area contributed by atoms with Crippen LogP contribution >= 0.6 is 11.6 Å². The number of aromatic amines is 1. The van der Waals surface area contributed by atoms with Gasteiger partial charge in [-0.05, 0) is 36.8 Å². The molecule has 0 saturated carbocycles. The van der Waals surface area contributed by atoms with Crippen molar-refractivity contribution < 1.29 is 0 Å². The molecule has 0 amide bonds. The van der Waals surface area contributed by atoms with Crippen LogP contribution < -0.4 is 0 Å². The standard InChI is InChI=1S/C17H14ClN5/c1-11-4-7-23-14(9-15-19-5-6-20-15)17(22-16(23)8-11)13-3-2-12(18)10-21-13/h2-8,10H,9H2,1H3,(H,19,20). The molecule has 4 aromatic heterocycles. The number of halogens is 1. The predicted molar refractivity (Wildman–Crippen MR) is 89.6 cm³/mol. The number of nitrogens with zero attached hydrogens (tertiary/aromatic N) is 4. The smallest absolute Gasteiger partial charge is 0.138 e. The Kier molecular flexibility index (Phi) is 3.35. The van der Waals surface area contributed by atoms with Crippen molar-refractivity contribution >= 4 is 17.2 Å². The molecule has 0 unspecified atom stereocenters. The summed E-state index contributed by atoms with van der Waals surface area (Å²) < 4.78 is 2.08. The van der Waals surface area contributed by atoms with Crippen molar-refractivity contribution in [3.63, 3.8) is 0 Å². The second-order valence-electron chi connectivity index (χ2n) is 5.41. The highest BCUT2D eigenvalue weighted by atomic mass is 35.5. The van der Waals surface area contributed by atoms with Crippen molar-refractivity contribution in [3.05, 3.63) is 71.2 Å². The van der Waals surface area contributed by atoms with Crippen molar-refractivity contribution in [1.82, 2.24) is 24.3 Å². The summed E-state index contributed by atoms with van der Waals surface area (Å²) in [4.78, 5) is 16.7. The van der Waals surface area contributed by atoms with E-state index >= 15 is 0 Å². The van der Waals surface area contributed by atoms with Crippen LogP contribution in [0.3, 0.4) is 0 Å². The van der Waals surface area contributed by atoms with Crippen LogP contribution in [0, 0.1) is 6.92 Å². The van der Waals surface area contributed by atoms with Crippen LogP contribution in [0.1, 0.15) is 17.1 Å². The van der Waals surface area contributed by atoms with Crippen LogP contribution in [0.15, 0.2) is 49.1 Å². The maximum absolute atomic E-state index is 5.95. The zero-order valence-electron chi connectivity index (χ0n) is 12.5. The van der Waals surface area contributed by atoms with Crippen LogP contribution in [0.25, 0.3) is 17.0 Å². The molecule has 0 aliphatic rings. The first-order chi connectivity index (χ1) is 11.2. The fourth-order valence-corrected chi connectivity index (χ4v) is 2.75. The highest BCUT2D eigenvalue weighted by molar-refractivity contribution is 6.30. The molecule has 5 nitrogen and oxygen atoms in total. The van der Waals surface area contributed by atoms with Gasteiger partial charge in [0.25, 0.3) is 0 Å². The number of fused-ring (bicyclic) bond motifs is 1. The molecule has 4 aromatic rings. The Morgan fingerprint density at radius 2 is 2.13 bits per heavy atom. The van der Waals surface area contributed by atoms with Gasteiger partial charge in [0.2, 0.25) is 0 Å². The molecular formula is C17H14ClN5. The van der Waals surface area contributed by atoms with Crippen molar-refractivity contribution in [1.29, 1.82) is 0 Å². The predicted octanol–water partition coefficient (Wildman–Crippen LogP) is 3.67. The van der Waals surface area contributed by atoms with E-state index in [-0.39, 0.29) is 0 Å². The van der Waals surface area contributed by atoms with Crippen molar-refractivity contribution in [2.24, 2.45) is 0 Å². The van der Waals surface area contributed by atoms with Gasteiger partial charge < -0.3 is 9.38 Å². The lowest BCUT2D eigenvalue weighted by Gasteiger charge is -2.04. The molecule has 114 valence electrons. The monoisotopic (exact) mass is 323 g/mol. The summed E-state index contributed by atoms with van der Waals surface area (Å²) >= 11 is 5.95. The Morgan fingerprint density at radius 1 is 1.22 bits per heavy atom. The van der Waals surface area contributed by atoms with Crippen LogP contribution in [0.4, 0.5) is 0 Å². The van der Waals surface area contributed by atoms with E-state index in [0.717, 1.165) is 28.6 Å². The summed E-state index contributed by atoms with van der Waals surface area (Å²) in [5.74, 6) is 0.891. The number of H-pyrrole nitrogens is 1. The zero-order valence-corrected chi connectivity index (χ0v) is 13.2. The van der Waals surface area contributed by atoms with Gasteiger partial charge in [0, 0.05) is 31.2 Å². The Morgan fingerprint density at radius 3 is 2.87 bits per heavy atom. The average Bonchev–Trinajstić information content (AvgIpc) is 3.17. The molecule has 4 rings (SSSR count). The average molecular weight is 324 g/mol. The molecule has 4 heterocycles. The molecule has 0 atom stereocenters. The van der Waals surface area contributed by atoms with Gasteiger partial charge >= 0.3 is 0 Å². The van der Waals surface area contributed by atoms with E-state index in [9.17, 15) is 0 Å². The van der Waals surface area contributed by atoms with E-state index < -0.39 is 0 Å². The van der Waals surface area contributed by atoms with E-state index in [4.69, 9.17) is 16.6 Å². The molecule has 23 heavy (non-hydrogen) atoms. The summed E-state index contributed by atoms with van der Waals surface area (Å²) in [6, 6.07) is 7.85. The molecule has 0 fully saturated rings. The number of hydrogen-bond donors (Lipinski definition) is 1. The number of imidazole rings is 2. The van der Waals surface area contributed by atoms with E-state index in [1.165, 1.54) is 5.56 Å². The molecule has 0 spiro atoms. The third-order valence-corrected chi connectivity index (χ3v) is 3.96. The minimum atomic E-state index is 0.612. The van der Waals surface area contributed by atoms with E-state index in [1.54, 1.807) is 12.4 Å². The first-order valence-corrected chi connectivity index (χ1v) is 7.66. The second kappa shape index (κ2) is 5.52. The van der Waals surface area contributed by atoms with E-state index in [1.807, 2.05) is 24.5 Å². The Balaban J connectivity index is 1.92. The summed E-state index contributed by atoms with van der Waals surface area (Å²) in [6.45, 7) is 2.06. The molecule has 0 aliphatic carbocycles. The van der Waals surface area contributed by atoms with Gasteiger partial charge in [-0.2, -0.15) is 0 Å². The maximum Gasteiger partial charge on any atom is 0.138 e. The lowest BCUT2D eigenvalue weighted by atomic mass is 10.2. The third kappa shape index (κ3) is 2.59. The SMILES string of the molecule is Cc1ccn2c(Cc3ncc[nH]3)c(-c3ccc(Cl)cn3)nc2c1. The van der Waals surface area contributed by atoms with Crippen molar-refractivity contribution in [2.75, 3.05) is 0 Å². The van der Waals surface area contributed by atoms with E-state index in [0.29, 0.717) is 11.4 Å². The van der Waals surface area contributed by atoms with Crippen LogP contribution in [-0.2, 0) is 6.42 Å². The molecule has 0 aliphatic heterocycles. The number of hydrogen-bond acceptors (Lipinski definition) is 3. The largest absolute Gasteiger partial charge is 0.348 e. The van der Waals surface area contributed by atoms with E-state index in [2.05, 4.69) is 38.4 Å². The van der Waals surface area contributed by atoms with Gasteiger partial charge in [-0.3, -0.25) is 4.98 Å². The minimum Gasteiger partial charge on any atom is -0.348 e. The number of aromatic nitrogens is 5. The molecule has 0 bridgehead atoms. The topological polar surface area (TPSA) is 58.9 Å². The maximum atomic E-state index is 5.95. The molecule has 6 heteroatoms. The van der Waals surface area contributed by atoms with Gasteiger partial charge in [-0.25, -0.2) is 9.97 Å². The van der Waals surface area contributed by atoms with Crippen molar-refractivity contribution in [2.45, 2.75) is 13.3 Å². The zero-order chi connectivity index (χ0) is 15.8. The van der Waals surface area contributed by atoms with Crippen LogP contribution in [-0.4, -0.2) is 24.3 Å². The fourth-order valence-electron chi connectivity index (χ4n) is 2.64. The fraction of sp³-hybridized carbons (Fsp3) is 0.118. The number of rotatable bonds is 3. The van der Waals surface area contributed by atoms with Gasteiger partial charge in [0.15, 0.2) is 0 Å². The molecule has 0 radical (unpaired) electrons. The highest BCUT2D eigenvalue weighted by Crippen LogP contribution is 2.25. The summed E-state index contributed by atoms with van der Waals surface area (Å²) in [7, 11) is 0. The molecule has 0 saturated heterocycles. The quantitative estimate of drug-likeness (QED) is 0.625. The number of aryl methyl sites for hydroxylation is 1. The lowest BCUT2D eigenvalue weighted by Crippen LogP contribution is -1.99. The van der Waals surface area contributed by atoms with Gasteiger partial charge in [0.05, 0.1) is 16.4 Å². The molecule has 0 aromatic carbocycles. The minimum absolute atomic E-state index is 0.612. The van der Waals surface area contributed by atoms with Gasteiger partial charge in [0.1, 0.15) is 17.2 Å².